The summed E-state index contributed by atoms with van der Waals surface area (Å²) in [5.41, 5.74) is 0. The van der Waals surface area contributed by atoms with Crippen LogP contribution in [0.15, 0.2) is 0 Å². The van der Waals surface area contributed by atoms with Gasteiger partial charge in [-0.2, -0.15) is 0 Å². The third-order valence-corrected chi connectivity index (χ3v) is 3.12. The van der Waals surface area contributed by atoms with E-state index in [2.05, 4.69) is 0 Å². The van der Waals surface area contributed by atoms with Crippen molar-refractivity contribution in [1.82, 2.24) is 5.01 Å². The van der Waals surface area contributed by atoms with Crippen LogP contribution in [0, 0.1) is 0 Å². The summed E-state index contributed by atoms with van der Waals surface area (Å²) in [6, 6.07) is 0. The largest absolute Gasteiger partial charge is 0.379 e. The van der Waals surface area contributed by atoms with Gasteiger partial charge in [-0.3, -0.25) is 5.84 Å². The van der Waals surface area contributed by atoms with E-state index >= 15 is 0 Å². The van der Waals surface area contributed by atoms with Gasteiger partial charge in [0.15, 0.2) is 0 Å². The third kappa shape index (κ3) is 21.4. The number of rotatable bonds is 22. The first-order chi connectivity index (χ1) is 12.8. The first kappa shape index (κ1) is 25.4. The van der Waals surface area contributed by atoms with Crippen molar-refractivity contribution in [3.8, 4) is 0 Å². The van der Waals surface area contributed by atoms with Crippen molar-refractivity contribution in [2.45, 2.75) is 19.8 Å². The minimum Gasteiger partial charge on any atom is -0.379 e. The molecule has 0 saturated carbocycles. The molecule has 0 aromatic carbocycles. The van der Waals surface area contributed by atoms with Crippen molar-refractivity contribution in [3.05, 3.63) is 0 Å². The van der Waals surface area contributed by atoms with E-state index in [9.17, 15) is 4.79 Å². The maximum atomic E-state index is 10.1. The average molecular weight is 380 g/mol. The van der Waals surface area contributed by atoms with Crippen molar-refractivity contribution in [2.75, 3.05) is 86.0 Å². The van der Waals surface area contributed by atoms with Crippen LogP contribution < -0.4 is 5.84 Å². The first-order valence-electron chi connectivity index (χ1n) is 9.21. The fourth-order valence-electron chi connectivity index (χ4n) is 1.78. The van der Waals surface area contributed by atoms with Gasteiger partial charge in [0.25, 0.3) is 0 Å². The van der Waals surface area contributed by atoms with Crippen LogP contribution in [-0.2, 0) is 33.2 Å². The normalized spacial score (nSPS) is 11.3. The van der Waals surface area contributed by atoms with Gasteiger partial charge in [0.05, 0.1) is 59.5 Å². The van der Waals surface area contributed by atoms with E-state index in [0.29, 0.717) is 79.0 Å². The Balaban J connectivity index is 3.10. The molecular formula is C17H36N2O7. The van der Waals surface area contributed by atoms with Gasteiger partial charge in [-0.25, -0.2) is 5.01 Å². The lowest BCUT2D eigenvalue weighted by atomic mass is 10.4. The highest BCUT2D eigenvalue weighted by atomic mass is 16.7. The molecule has 9 heteroatoms. The molecule has 0 bridgehead atoms. The number of hydrazine groups is 1. The number of nitrogens with two attached hydrogens (primary N) is 1. The van der Waals surface area contributed by atoms with E-state index in [1.54, 1.807) is 5.01 Å². The Labute approximate surface area is 156 Å². The number of aldehydes is 1. The molecule has 0 aromatic heterocycles. The molecule has 0 aliphatic carbocycles. The van der Waals surface area contributed by atoms with Gasteiger partial charge in [0.2, 0.25) is 0 Å². The Hall–Kier alpha value is -0.650. The van der Waals surface area contributed by atoms with Gasteiger partial charge < -0.3 is 33.2 Å². The second-order valence-electron chi connectivity index (χ2n) is 5.31. The zero-order chi connectivity index (χ0) is 19.1. The van der Waals surface area contributed by atoms with E-state index in [-0.39, 0.29) is 6.79 Å². The Morgan fingerprint density at radius 3 is 2.00 bits per heavy atom. The molecule has 0 unspecified atom stereocenters. The number of hydrogen-bond donors (Lipinski definition) is 1. The highest BCUT2D eigenvalue weighted by Crippen LogP contribution is 1.89. The molecule has 0 spiro atoms. The smallest absolute Gasteiger partial charge is 0.146 e. The molecular weight excluding hydrogens is 344 g/mol. The summed E-state index contributed by atoms with van der Waals surface area (Å²) in [6.07, 6.45) is 2.08. The monoisotopic (exact) mass is 380 g/mol. The lowest BCUT2D eigenvalue weighted by molar-refractivity contribution is -0.109. The Kier molecular flexibility index (Phi) is 21.8. The Morgan fingerprint density at radius 2 is 1.31 bits per heavy atom. The molecule has 0 atom stereocenters. The standard InChI is InChI=1S/C17H36N2O7/c1-2-21-11-12-23-10-6-19(18)5-3-8-25-17-26-16-15-24-14-13-22-9-4-7-20/h7H,2-6,8-18H2,1H3. The van der Waals surface area contributed by atoms with Crippen molar-refractivity contribution in [2.24, 2.45) is 5.84 Å². The van der Waals surface area contributed by atoms with Crippen LogP contribution in [0.25, 0.3) is 0 Å². The minimum absolute atomic E-state index is 0.240. The van der Waals surface area contributed by atoms with Crippen molar-refractivity contribution in [1.29, 1.82) is 0 Å². The second-order valence-corrected chi connectivity index (χ2v) is 5.31. The molecule has 0 rings (SSSR count). The predicted octanol–water partition coefficient (Wildman–Crippen LogP) is 0.218. The molecule has 0 aromatic rings. The van der Waals surface area contributed by atoms with Gasteiger partial charge in [-0.1, -0.05) is 0 Å². The molecule has 0 heterocycles. The summed E-state index contributed by atoms with van der Waals surface area (Å²) >= 11 is 0. The molecule has 0 radical (unpaired) electrons. The predicted molar refractivity (Wildman–Crippen MR) is 96.8 cm³/mol. The topological polar surface area (TPSA) is 102 Å². The number of carbonyl (C=O) groups excluding carboxylic acids is 1. The highest BCUT2D eigenvalue weighted by molar-refractivity contribution is 5.49. The lowest BCUT2D eigenvalue weighted by Crippen LogP contribution is -2.35. The third-order valence-electron chi connectivity index (χ3n) is 3.12. The highest BCUT2D eigenvalue weighted by Gasteiger charge is 1.99. The van der Waals surface area contributed by atoms with Crippen LogP contribution in [0.1, 0.15) is 19.8 Å². The molecule has 9 nitrogen and oxygen atoms in total. The second kappa shape index (κ2) is 22.4. The van der Waals surface area contributed by atoms with E-state index < -0.39 is 0 Å². The van der Waals surface area contributed by atoms with E-state index in [1.807, 2.05) is 6.92 Å². The van der Waals surface area contributed by atoms with Crippen molar-refractivity contribution >= 4 is 6.29 Å². The summed E-state index contributed by atoms with van der Waals surface area (Å²) in [5, 5.41) is 1.72. The quantitative estimate of drug-likeness (QED) is 0.0929. The molecule has 0 amide bonds. The van der Waals surface area contributed by atoms with E-state index in [1.165, 1.54) is 0 Å². The van der Waals surface area contributed by atoms with Gasteiger partial charge in [0, 0.05) is 26.1 Å². The first-order valence-corrected chi connectivity index (χ1v) is 9.21. The van der Waals surface area contributed by atoms with Gasteiger partial charge in [-0.15, -0.1) is 0 Å². The SMILES string of the molecule is CCOCCOCCN(N)CCCOCOCCOCCOCCC=O. The van der Waals surface area contributed by atoms with Gasteiger partial charge in [-0.05, 0) is 13.3 Å². The fourth-order valence-corrected chi connectivity index (χ4v) is 1.78. The molecule has 0 saturated heterocycles. The van der Waals surface area contributed by atoms with Crippen molar-refractivity contribution in [3.63, 3.8) is 0 Å². The van der Waals surface area contributed by atoms with Crippen LogP contribution in [0.3, 0.4) is 0 Å². The summed E-state index contributed by atoms with van der Waals surface area (Å²) in [5.74, 6) is 5.85. The fraction of sp³-hybridized carbons (Fsp3) is 0.941. The molecule has 156 valence electrons. The number of nitrogens with zero attached hydrogens (tertiary/aromatic N) is 1. The summed E-state index contributed by atoms with van der Waals surface area (Å²) in [7, 11) is 0. The molecule has 0 fully saturated rings. The Bertz CT molecular complexity index is 286. The van der Waals surface area contributed by atoms with Crippen LogP contribution >= 0.6 is 0 Å². The molecule has 0 aliphatic heterocycles. The number of ether oxygens (including phenoxy) is 6. The molecule has 0 aliphatic rings. The van der Waals surface area contributed by atoms with Crippen molar-refractivity contribution < 1.29 is 33.2 Å². The summed E-state index contributed by atoms with van der Waals surface area (Å²) in [4.78, 5) is 10.1. The molecule has 26 heavy (non-hydrogen) atoms. The lowest BCUT2D eigenvalue weighted by Gasteiger charge is -2.16. The maximum absolute atomic E-state index is 10.1. The molecule has 2 N–H and O–H groups in total. The van der Waals surface area contributed by atoms with Crippen LogP contribution in [0.2, 0.25) is 0 Å². The average Bonchev–Trinajstić information content (AvgIpc) is 2.65. The van der Waals surface area contributed by atoms with Crippen LogP contribution in [0.4, 0.5) is 0 Å². The van der Waals surface area contributed by atoms with Gasteiger partial charge >= 0.3 is 0 Å². The van der Waals surface area contributed by atoms with E-state index in [0.717, 1.165) is 19.3 Å². The number of hydrogen-bond acceptors (Lipinski definition) is 9. The number of carbonyl (C=O) groups is 1. The minimum atomic E-state index is 0.240. The zero-order valence-corrected chi connectivity index (χ0v) is 16.1. The summed E-state index contributed by atoms with van der Waals surface area (Å²) < 4.78 is 31.7. The summed E-state index contributed by atoms with van der Waals surface area (Å²) in [6.45, 7) is 9.09. The zero-order valence-electron chi connectivity index (χ0n) is 16.1. The van der Waals surface area contributed by atoms with Crippen LogP contribution in [0.5, 0.6) is 0 Å². The van der Waals surface area contributed by atoms with E-state index in [4.69, 9.17) is 34.3 Å². The Morgan fingerprint density at radius 1 is 0.731 bits per heavy atom. The van der Waals surface area contributed by atoms with Crippen LogP contribution in [-0.4, -0.2) is 97.2 Å². The maximum Gasteiger partial charge on any atom is 0.146 e. The van der Waals surface area contributed by atoms with Gasteiger partial charge in [0.1, 0.15) is 13.1 Å².